The molecule has 5 aromatic rings. The third-order valence-electron chi connectivity index (χ3n) is 5.76. The van der Waals surface area contributed by atoms with Crippen molar-refractivity contribution in [2.24, 2.45) is 0 Å². The highest BCUT2D eigenvalue weighted by Crippen LogP contribution is 2.25. The Labute approximate surface area is 194 Å². The molecule has 0 aliphatic heterocycles. The number of aryl methyl sites for hydroxylation is 1. The highest BCUT2D eigenvalue weighted by molar-refractivity contribution is 6.30. The summed E-state index contributed by atoms with van der Waals surface area (Å²) in [5.41, 5.74) is 2.64. The number of imidazole rings is 1. The Morgan fingerprint density at radius 1 is 1.03 bits per heavy atom. The van der Waals surface area contributed by atoms with E-state index >= 15 is 0 Å². The minimum atomic E-state index is -0.269. The number of aromatic nitrogens is 4. The predicted molar refractivity (Wildman–Crippen MR) is 129 cm³/mol. The van der Waals surface area contributed by atoms with E-state index < -0.39 is 0 Å². The largest absolute Gasteiger partial charge is 0.497 e. The summed E-state index contributed by atoms with van der Waals surface area (Å²) in [4.78, 5) is 30.8. The first-order valence-electron chi connectivity index (χ1n) is 10.5. The fourth-order valence-corrected chi connectivity index (χ4v) is 4.26. The SMILES string of the molecule is CCn1c(=O)n(CC(=O)n2cc3ccc(OC)cc3c2)c2ncc(-c3cccc(Cl)c3)cc21. The van der Waals surface area contributed by atoms with Crippen LogP contribution in [0.15, 0.2) is 71.9 Å². The van der Waals surface area contributed by atoms with Gasteiger partial charge in [-0.2, -0.15) is 0 Å². The van der Waals surface area contributed by atoms with E-state index in [-0.39, 0.29) is 18.1 Å². The van der Waals surface area contributed by atoms with Gasteiger partial charge in [0.1, 0.15) is 12.3 Å². The minimum Gasteiger partial charge on any atom is -0.497 e. The van der Waals surface area contributed by atoms with Gasteiger partial charge in [0.2, 0.25) is 0 Å². The Hall–Kier alpha value is -3.84. The Balaban J connectivity index is 1.54. The highest BCUT2D eigenvalue weighted by Gasteiger charge is 2.18. The third-order valence-corrected chi connectivity index (χ3v) is 6.00. The molecule has 0 fully saturated rings. The number of ether oxygens (including phenoxy) is 1. The molecule has 3 aromatic heterocycles. The molecule has 0 aliphatic carbocycles. The normalized spacial score (nSPS) is 11.4. The van der Waals surface area contributed by atoms with E-state index in [0.717, 1.165) is 27.6 Å². The van der Waals surface area contributed by atoms with E-state index in [4.69, 9.17) is 16.3 Å². The lowest BCUT2D eigenvalue weighted by molar-refractivity contribution is 0.0891. The highest BCUT2D eigenvalue weighted by atomic mass is 35.5. The van der Waals surface area contributed by atoms with Crippen LogP contribution in [0.5, 0.6) is 5.75 Å². The van der Waals surface area contributed by atoms with Gasteiger partial charge in [0.25, 0.3) is 5.91 Å². The van der Waals surface area contributed by atoms with Crippen molar-refractivity contribution in [3.8, 4) is 16.9 Å². The molecule has 2 aromatic carbocycles. The second kappa shape index (κ2) is 8.26. The Kier molecular flexibility index (Phi) is 5.26. The second-order valence-corrected chi connectivity index (χ2v) is 8.18. The van der Waals surface area contributed by atoms with Crippen LogP contribution < -0.4 is 10.4 Å². The number of pyridine rings is 1. The molecule has 166 valence electrons. The molecule has 8 heteroatoms. The maximum Gasteiger partial charge on any atom is 0.330 e. The van der Waals surface area contributed by atoms with Crippen LogP contribution in [0.1, 0.15) is 11.7 Å². The standard InChI is InChI=1S/C25H21ClN4O3/c1-3-29-22-11-18(16-5-4-6-20(26)9-16)12-27-24(22)30(25(29)32)15-23(31)28-13-17-7-8-21(33-2)10-19(17)14-28/h4-14H,3,15H2,1-2H3. The number of carbonyl (C=O) groups is 1. The van der Waals surface area contributed by atoms with Gasteiger partial charge in [-0.25, -0.2) is 9.78 Å². The molecule has 7 nitrogen and oxygen atoms in total. The lowest BCUT2D eigenvalue weighted by atomic mass is 10.1. The molecule has 33 heavy (non-hydrogen) atoms. The Morgan fingerprint density at radius 2 is 1.85 bits per heavy atom. The number of hydrogen-bond acceptors (Lipinski definition) is 4. The van der Waals surface area contributed by atoms with Crippen LogP contribution in [0.3, 0.4) is 0 Å². The molecule has 5 rings (SSSR count). The van der Waals surface area contributed by atoms with Gasteiger partial charge in [0.15, 0.2) is 5.65 Å². The molecule has 0 unspecified atom stereocenters. The Morgan fingerprint density at radius 3 is 2.61 bits per heavy atom. The molecule has 0 spiro atoms. The molecule has 0 saturated heterocycles. The maximum absolute atomic E-state index is 13.1. The van der Waals surface area contributed by atoms with E-state index in [0.29, 0.717) is 22.7 Å². The van der Waals surface area contributed by atoms with Crippen LogP contribution in [0, 0.1) is 0 Å². The second-order valence-electron chi connectivity index (χ2n) is 7.74. The molecule has 0 aliphatic rings. The van der Waals surface area contributed by atoms with Crippen molar-refractivity contribution in [3.05, 3.63) is 82.6 Å². The molecule has 0 atom stereocenters. The van der Waals surface area contributed by atoms with Gasteiger partial charge in [0.05, 0.1) is 12.6 Å². The number of benzene rings is 2. The summed E-state index contributed by atoms with van der Waals surface area (Å²) in [6, 6.07) is 15.0. The summed E-state index contributed by atoms with van der Waals surface area (Å²) in [5.74, 6) is 0.484. The molecule has 0 radical (unpaired) electrons. The van der Waals surface area contributed by atoms with Gasteiger partial charge in [-0.05, 0) is 48.9 Å². The monoisotopic (exact) mass is 460 g/mol. The first-order chi connectivity index (χ1) is 16.0. The molecular formula is C25H21ClN4O3. The summed E-state index contributed by atoms with van der Waals surface area (Å²) in [5, 5.41) is 2.42. The predicted octanol–water partition coefficient (Wildman–Crippen LogP) is 4.84. The van der Waals surface area contributed by atoms with E-state index in [2.05, 4.69) is 4.98 Å². The summed E-state index contributed by atoms with van der Waals surface area (Å²) < 4.78 is 9.81. The van der Waals surface area contributed by atoms with Crippen molar-refractivity contribution in [2.45, 2.75) is 20.0 Å². The zero-order chi connectivity index (χ0) is 23.1. The van der Waals surface area contributed by atoms with Gasteiger partial charge in [-0.1, -0.05) is 23.7 Å². The lowest BCUT2D eigenvalue weighted by Crippen LogP contribution is -2.28. The summed E-state index contributed by atoms with van der Waals surface area (Å²) in [7, 11) is 1.60. The van der Waals surface area contributed by atoms with Crippen LogP contribution in [-0.4, -0.2) is 31.7 Å². The number of rotatable bonds is 5. The third kappa shape index (κ3) is 3.70. The van der Waals surface area contributed by atoms with Crippen LogP contribution >= 0.6 is 11.6 Å². The smallest absolute Gasteiger partial charge is 0.330 e. The number of halogens is 1. The number of hydrogen-bond donors (Lipinski definition) is 0. The van der Waals surface area contributed by atoms with Crippen molar-refractivity contribution in [1.29, 1.82) is 0 Å². The van der Waals surface area contributed by atoms with E-state index in [1.54, 1.807) is 30.3 Å². The van der Waals surface area contributed by atoms with E-state index in [9.17, 15) is 9.59 Å². The van der Waals surface area contributed by atoms with Crippen LogP contribution in [-0.2, 0) is 13.1 Å². The van der Waals surface area contributed by atoms with Crippen LogP contribution in [0.25, 0.3) is 33.1 Å². The summed E-state index contributed by atoms with van der Waals surface area (Å²) in [6.45, 7) is 2.24. The van der Waals surface area contributed by atoms with Crippen molar-refractivity contribution in [2.75, 3.05) is 7.11 Å². The van der Waals surface area contributed by atoms with Crippen molar-refractivity contribution in [3.63, 3.8) is 0 Å². The van der Waals surface area contributed by atoms with E-state index in [1.165, 1.54) is 9.13 Å². The molecule has 0 saturated carbocycles. The van der Waals surface area contributed by atoms with Gasteiger partial charge >= 0.3 is 5.69 Å². The number of fused-ring (bicyclic) bond motifs is 2. The first kappa shape index (κ1) is 21.0. The number of methoxy groups -OCH3 is 1. The van der Waals surface area contributed by atoms with Gasteiger partial charge < -0.3 is 4.74 Å². The minimum absolute atomic E-state index is 0.121. The molecule has 0 amide bonds. The average Bonchev–Trinajstić information content (AvgIpc) is 3.37. The van der Waals surface area contributed by atoms with E-state index in [1.807, 2.05) is 55.5 Å². The first-order valence-corrected chi connectivity index (χ1v) is 10.9. The van der Waals surface area contributed by atoms with Gasteiger partial charge in [-0.15, -0.1) is 0 Å². The van der Waals surface area contributed by atoms with Gasteiger partial charge in [-0.3, -0.25) is 18.5 Å². The zero-order valence-corrected chi connectivity index (χ0v) is 18.9. The van der Waals surface area contributed by atoms with Crippen LogP contribution in [0.2, 0.25) is 5.02 Å². The van der Waals surface area contributed by atoms with Crippen molar-refractivity contribution in [1.82, 2.24) is 18.7 Å². The average molecular weight is 461 g/mol. The fraction of sp³-hybridized carbons (Fsp3) is 0.160. The summed E-state index contributed by atoms with van der Waals surface area (Å²) in [6.07, 6.45) is 5.20. The zero-order valence-electron chi connectivity index (χ0n) is 18.2. The fourth-order valence-electron chi connectivity index (χ4n) is 4.07. The quantitative estimate of drug-likeness (QED) is 0.376. The molecule has 3 heterocycles. The molecule has 0 bridgehead atoms. The Bertz CT molecular complexity index is 1580. The molecular weight excluding hydrogens is 440 g/mol. The topological polar surface area (TPSA) is 71.0 Å². The van der Waals surface area contributed by atoms with Gasteiger partial charge in [0, 0.05) is 46.5 Å². The van der Waals surface area contributed by atoms with Crippen molar-refractivity contribution >= 4 is 39.4 Å². The lowest BCUT2D eigenvalue weighted by Gasteiger charge is -2.05. The number of nitrogens with zero attached hydrogens (tertiary/aromatic N) is 4. The number of carbonyl (C=O) groups excluding carboxylic acids is 1. The summed E-state index contributed by atoms with van der Waals surface area (Å²) >= 11 is 6.14. The maximum atomic E-state index is 13.1. The van der Waals surface area contributed by atoms with Crippen LogP contribution in [0.4, 0.5) is 0 Å². The van der Waals surface area contributed by atoms with Crippen molar-refractivity contribution < 1.29 is 9.53 Å². The molecule has 0 N–H and O–H groups in total.